The molecule has 1 nitrogen and oxygen atoms in total. The van der Waals surface area contributed by atoms with Crippen molar-refractivity contribution in [3.05, 3.63) is 77.9 Å². The van der Waals surface area contributed by atoms with Crippen molar-refractivity contribution in [2.24, 2.45) is 5.92 Å². The lowest BCUT2D eigenvalue weighted by Crippen LogP contribution is -2.25. The Morgan fingerprint density at radius 1 is 0.952 bits per heavy atom. The van der Waals surface area contributed by atoms with Crippen molar-refractivity contribution < 1.29 is 4.79 Å². The van der Waals surface area contributed by atoms with Crippen LogP contribution in [0.2, 0.25) is 0 Å². The summed E-state index contributed by atoms with van der Waals surface area (Å²) in [5.41, 5.74) is 3.61. The van der Waals surface area contributed by atoms with E-state index < -0.39 is 0 Å². The van der Waals surface area contributed by atoms with E-state index in [2.05, 4.69) is 43.3 Å². The van der Waals surface area contributed by atoms with Gasteiger partial charge in [-0.2, -0.15) is 0 Å². The fourth-order valence-corrected chi connectivity index (χ4v) is 3.30. The highest BCUT2D eigenvalue weighted by Crippen LogP contribution is 2.40. The van der Waals surface area contributed by atoms with Crippen molar-refractivity contribution >= 4 is 11.4 Å². The Morgan fingerprint density at radius 3 is 2.19 bits per heavy atom. The van der Waals surface area contributed by atoms with Crippen LogP contribution in [0.4, 0.5) is 0 Å². The fourth-order valence-electron chi connectivity index (χ4n) is 3.30. The molecule has 106 valence electrons. The first-order valence-electron chi connectivity index (χ1n) is 7.64. The SMILES string of the molecule is CC[C@@H]1C(=O)C=C(c2ccccc2)C[C@H]1c1ccccc1. The van der Waals surface area contributed by atoms with Gasteiger partial charge in [0, 0.05) is 5.92 Å². The lowest BCUT2D eigenvalue weighted by atomic mass is 9.73. The standard InChI is InChI=1S/C20H20O/c1-2-18-19(16-11-7-4-8-12-16)13-17(14-20(18)21)15-9-5-3-6-10-15/h3-12,14,18-19H,2,13H2,1H3/t18-,19-/m0/s1. The molecule has 0 aromatic heterocycles. The summed E-state index contributed by atoms with van der Waals surface area (Å²) in [6.45, 7) is 2.11. The smallest absolute Gasteiger partial charge is 0.159 e. The van der Waals surface area contributed by atoms with Gasteiger partial charge in [-0.05, 0) is 41.5 Å². The van der Waals surface area contributed by atoms with Crippen LogP contribution in [-0.4, -0.2) is 5.78 Å². The number of hydrogen-bond acceptors (Lipinski definition) is 1. The number of benzene rings is 2. The second kappa shape index (κ2) is 6.09. The Morgan fingerprint density at radius 2 is 1.57 bits per heavy atom. The van der Waals surface area contributed by atoms with Crippen LogP contribution in [0.5, 0.6) is 0 Å². The summed E-state index contributed by atoms with van der Waals surface area (Å²) in [5.74, 6) is 0.681. The average molecular weight is 276 g/mol. The molecule has 0 unspecified atom stereocenters. The highest BCUT2D eigenvalue weighted by atomic mass is 16.1. The van der Waals surface area contributed by atoms with Gasteiger partial charge in [-0.1, -0.05) is 67.6 Å². The quantitative estimate of drug-likeness (QED) is 0.783. The molecule has 0 bridgehead atoms. The Kier molecular flexibility index (Phi) is 4.01. The van der Waals surface area contributed by atoms with Gasteiger partial charge in [0.1, 0.15) is 0 Å². The van der Waals surface area contributed by atoms with Crippen LogP contribution in [0.1, 0.15) is 36.8 Å². The maximum atomic E-state index is 12.5. The molecule has 0 radical (unpaired) electrons. The summed E-state index contributed by atoms with van der Waals surface area (Å²) < 4.78 is 0. The van der Waals surface area contributed by atoms with Gasteiger partial charge in [-0.15, -0.1) is 0 Å². The molecule has 0 heterocycles. The van der Waals surface area contributed by atoms with Crippen molar-refractivity contribution in [2.75, 3.05) is 0 Å². The third kappa shape index (κ3) is 2.82. The van der Waals surface area contributed by atoms with E-state index >= 15 is 0 Å². The molecule has 0 aliphatic heterocycles. The van der Waals surface area contributed by atoms with Gasteiger partial charge in [-0.25, -0.2) is 0 Å². The van der Waals surface area contributed by atoms with Gasteiger partial charge in [-0.3, -0.25) is 4.79 Å². The summed E-state index contributed by atoms with van der Waals surface area (Å²) in [4.78, 5) is 12.5. The maximum Gasteiger partial charge on any atom is 0.159 e. The zero-order chi connectivity index (χ0) is 14.7. The first kappa shape index (κ1) is 13.8. The van der Waals surface area contributed by atoms with Crippen molar-refractivity contribution in [1.82, 2.24) is 0 Å². The van der Waals surface area contributed by atoms with Gasteiger partial charge < -0.3 is 0 Å². The molecule has 2 aromatic carbocycles. The van der Waals surface area contributed by atoms with Gasteiger partial charge in [0.05, 0.1) is 0 Å². The van der Waals surface area contributed by atoms with Crippen LogP contribution in [0, 0.1) is 5.92 Å². The monoisotopic (exact) mass is 276 g/mol. The third-order valence-electron chi connectivity index (χ3n) is 4.42. The highest BCUT2D eigenvalue weighted by Gasteiger charge is 2.31. The largest absolute Gasteiger partial charge is 0.295 e. The van der Waals surface area contributed by atoms with Crippen LogP contribution >= 0.6 is 0 Å². The number of allylic oxidation sites excluding steroid dienone is 2. The number of ketones is 1. The minimum atomic E-state index is 0.111. The Labute approximate surface area is 126 Å². The van der Waals surface area contributed by atoms with Crippen LogP contribution in [0.25, 0.3) is 5.57 Å². The first-order valence-corrected chi connectivity index (χ1v) is 7.64. The second-order valence-electron chi connectivity index (χ2n) is 5.67. The zero-order valence-electron chi connectivity index (χ0n) is 12.3. The molecule has 0 saturated heterocycles. The molecular formula is C20H20O. The van der Waals surface area contributed by atoms with E-state index in [-0.39, 0.29) is 11.7 Å². The lowest BCUT2D eigenvalue weighted by molar-refractivity contribution is -0.119. The first-order chi connectivity index (χ1) is 10.3. The number of rotatable bonds is 3. The number of hydrogen-bond donors (Lipinski definition) is 0. The van der Waals surface area contributed by atoms with E-state index in [9.17, 15) is 4.79 Å². The molecule has 0 spiro atoms. The van der Waals surface area contributed by atoms with Gasteiger partial charge in [0.15, 0.2) is 5.78 Å². The molecule has 2 atom stereocenters. The Balaban J connectivity index is 1.98. The minimum Gasteiger partial charge on any atom is -0.295 e. The van der Waals surface area contributed by atoms with E-state index in [4.69, 9.17) is 0 Å². The summed E-state index contributed by atoms with van der Waals surface area (Å²) in [6.07, 6.45) is 3.71. The molecule has 0 fully saturated rings. The van der Waals surface area contributed by atoms with Gasteiger partial charge in [0.2, 0.25) is 0 Å². The molecule has 2 aromatic rings. The summed E-state index contributed by atoms with van der Waals surface area (Å²) in [7, 11) is 0. The number of carbonyl (C=O) groups excluding carboxylic acids is 1. The molecule has 3 rings (SSSR count). The fraction of sp³-hybridized carbons (Fsp3) is 0.250. The Bertz CT molecular complexity index is 640. The predicted molar refractivity (Wildman–Crippen MR) is 87.0 cm³/mol. The molecule has 1 aliphatic carbocycles. The van der Waals surface area contributed by atoms with Crippen molar-refractivity contribution in [3.63, 3.8) is 0 Å². The summed E-state index contributed by atoms with van der Waals surface area (Å²) >= 11 is 0. The summed E-state index contributed by atoms with van der Waals surface area (Å²) in [5, 5.41) is 0. The van der Waals surface area contributed by atoms with E-state index in [0.29, 0.717) is 5.92 Å². The van der Waals surface area contributed by atoms with Crippen LogP contribution in [0.3, 0.4) is 0 Å². The molecule has 0 saturated carbocycles. The number of carbonyl (C=O) groups is 1. The van der Waals surface area contributed by atoms with Crippen molar-refractivity contribution in [1.29, 1.82) is 0 Å². The van der Waals surface area contributed by atoms with Crippen molar-refractivity contribution in [2.45, 2.75) is 25.7 Å². The molecule has 0 N–H and O–H groups in total. The van der Waals surface area contributed by atoms with E-state index in [1.807, 2.05) is 30.3 Å². The highest BCUT2D eigenvalue weighted by molar-refractivity contribution is 6.00. The van der Waals surface area contributed by atoms with Crippen LogP contribution < -0.4 is 0 Å². The Hall–Kier alpha value is -2.15. The molecule has 1 aliphatic rings. The summed E-state index contributed by atoms with van der Waals surface area (Å²) in [6, 6.07) is 20.7. The van der Waals surface area contributed by atoms with Crippen molar-refractivity contribution in [3.8, 4) is 0 Å². The predicted octanol–water partition coefficient (Wildman–Crippen LogP) is 4.85. The maximum absolute atomic E-state index is 12.5. The normalized spacial score (nSPS) is 22.0. The third-order valence-corrected chi connectivity index (χ3v) is 4.42. The molecule has 21 heavy (non-hydrogen) atoms. The molecule has 1 heteroatoms. The minimum absolute atomic E-state index is 0.111. The van der Waals surface area contributed by atoms with E-state index in [1.165, 1.54) is 16.7 Å². The second-order valence-corrected chi connectivity index (χ2v) is 5.67. The topological polar surface area (TPSA) is 17.1 Å². The van der Waals surface area contributed by atoms with Crippen LogP contribution in [-0.2, 0) is 4.79 Å². The van der Waals surface area contributed by atoms with Gasteiger partial charge in [0.25, 0.3) is 0 Å². The van der Waals surface area contributed by atoms with E-state index in [0.717, 1.165) is 12.8 Å². The molecule has 0 amide bonds. The average Bonchev–Trinajstić information content (AvgIpc) is 2.55. The van der Waals surface area contributed by atoms with Gasteiger partial charge >= 0.3 is 0 Å². The lowest BCUT2D eigenvalue weighted by Gasteiger charge is -2.30. The van der Waals surface area contributed by atoms with Crippen LogP contribution in [0.15, 0.2) is 66.7 Å². The molecular weight excluding hydrogens is 256 g/mol. The van der Waals surface area contributed by atoms with E-state index in [1.54, 1.807) is 0 Å². The zero-order valence-corrected chi connectivity index (χ0v) is 12.3.